The first-order valence-electron chi connectivity index (χ1n) is 6.74. The fraction of sp³-hybridized carbons (Fsp3) is 0.923. The summed E-state index contributed by atoms with van der Waals surface area (Å²) in [6.45, 7) is 1.30. The van der Waals surface area contributed by atoms with E-state index in [9.17, 15) is 4.79 Å². The highest BCUT2D eigenvalue weighted by Gasteiger charge is 2.38. The molecule has 0 radical (unpaired) electrons. The van der Waals surface area contributed by atoms with Crippen molar-refractivity contribution in [2.75, 3.05) is 20.2 Å². The largest absolute Gasteiger partial charge is 0.376 e. The van der Waals surface area contributed by atoms with E-state index >= 15 is 0 Å². The Bertz CT molecular complexity index is 271. The lowest BCUT2D eigenvalue weighted by atomic mass is 9.80. The normalized spacial score (nSPS) is 30.9. The lowest BCUT2D eigenvalue weighted by molar-refractivity contribution is -0.129. The number of ether oxygens (including phenoxy) is 1. The summed E-state index contributed by atoms with van der Waals surface area (Å²) in [7, 11) is 1.74. The van der Waals surface area contributed by atoms with Crippen LogP contribution in [0.2, 0.25) is 0 Å². The Balaban J connectivity index is 1.80. The number of carbonyl (C=O) groups excluding carboxylic acids is 1. The Morgan fingerprint density at radius 3 is 2.71 bits per heavy atom. The molecule has 2 aliphatic rings. The highest BCUT2D eigenvalue weighted by Crippen LogP contribution is 2.35. The van der Waals surface area contributed by atoms with Gasteiger partial charge in [0.15, 0.2) is 0 Å². The maximum absolute atomic E-state index is 12.1. The first-order valence-corrected chi connectivity index (χ1v) is 6.74. The second-order valence-electron chi connectivity index (χ2n) is 5.49. The van der Waals surface area contributed by atoms with Crippen molar-refractivity contribution in [3.63, 3.8) is 0 Å². The van der Waals surface area contributed by atoms with E-state index < -0.39 is 0 Å². The van der Waals surface area contributed by atoms with Crippen molar-refractivity contribution in [1.29, 1.82) is 0 Å². The predicted molar refractivity (Wildman–Crippen MR) is 66.5 cm³/mol. The lowest BCUT2D eigenvalue weighted by Crippen LogP contribution is -2.50. The number of nitrogens with two attached hydrogens (primary N) is 1. The summed E-state index contributed by atoms with van der Waals surface area (Å²) in [4.78, 5) is 12.1. The average molecular weight is 240 g/mol. The van der Waals surface area contributed by atoms with E-state index in [1.807, 2.05) is 0 Å². The maximum Gasteiger partial charge on any atom is 0.223 e. The van der Waals surface area contributed by atoms with Crippen LogP contribution >= 0.6 is 0 Å². The quantitative estimate of drug-likeness (QED) is 0.755. The van der Waals surface area contributed by atoms with Crippen molar-refractivity contribution in [3.8, 4) is 0 Å². The molecule has 98 valence electrons. The van der Waals surface area contributed by atoms with Crippen molar-refractivity contribution in [1.82, 2.24) is 5.32 Å². The third-order valence-electron chi connectivity index (χ3n) is 4.58. The molecule has 2 fully saturated rings. The van der Waals surface area contributed by atoms with Gasteiger partial charge in [-0.15, -0.1) is 0 Å². The molecule has 4 nitrogen and oxygen atoms in total. The third-order valence-corrected chi connectivity index (χ3v) is 4.58. The number of hydrogen-bond donors (Lipinski definition) is 2. The standard InChI is InChI=1S/C13H24N2O2/c1-17-13(6-3-7-13)9-15-12(16)11-5-2-4-10(11)8-14/h10-11H,2-9,14H2,1H3,(H,15,16). The summed E-state index contributed by atoms with van der Waals surface area (Å²) in [6, 6.07) is 0. The van der Waals surface area contributed by atoms with Gasteiger partial charge < -0.3 is 15.8 Å². The van der Waals surface area contributed by atoms with Gasteiger partial charge in [0.2, 0.25) is 5.91 Å². The number of amides is 1. The first-order chi connectivity index (χ1) is 8.21. The average Bonchev–Trinajstić information content (AvgIpc) is 2.76. The number of hydrogen-bond acceptors (Lipinski definition) is 3. The zero-order chi connectivity index (χ0) is 12.3. The molecule has 17 heavy (non-hydrogen) atoms. The van der Waals surface area contributed by atoms with E-state index in [-0.39, 0.29) is 17.4 Å². The minimum absolute atomic E-state index is 0.0769. The van der Waals surface area contributed by atoms with Crippen molar-refractivity contribution >= 4 is 5.91 Å². The van der Waals surface area contributed by atoms with Gasteiger partial charge in [0.25, 0.3) is 0 Å². The topological polar surface area (TPSA) is 64.3 Å². The molecular formula is C13H24N2O2. The predicted octanol–water partition coefficient (Wildman–Crippen LogP) is 1.05. The van der Waals surface area contributed by atoms with Crippen LogP contribution in [0.3, 0.4) is 0 Å². The van der Waals surface area contributed by atoms with Crippen LogP contribution in [0.15, 0.2) is 0 Å². The molecule has 3 N–H and O–H groups in total. The van der Waals surface area contributed by atoms with Gasteiger partial charge in [-0.1, -0.05) is 6.42 Å². The van der Waals surface area contributed by atoms with Gasteiger partial charge in [-0.2, -0.15) is 0 Å². The Morgan fingerprint density at radius 1 is 1.41 bits per heavy atom. The Kier molecular flexibility index (Phi) is 4.05. The van der Waals surface area contributed by atoms with E-state index in [1.54, 1.807) is 7.11 Å². The van der Waals surface area contributed by atoms with E-state index in [1.165, 1.54) is 6.42 Å². The second-order valence-corrected chi connectivity index (χ2v) is 5.49. The highest BCUT2D eigenvalue weighted by molar-refractivity contribution is 5.79. The van der Waals surface area contributed by atoms with Gasteiger partial charge in [0, 0.05) is 19.6 Å². The molecule has 4 heteroatoms. The number of rotatable bonds is 5. The molecule has 0 spiro atoms. The summed E-state index contributed by atoms with van der Waals surface area (Å²) in [5.74, 6) is 0.699. The molecule has 0 aromatic heterocycles. The van der Waals surface area contributed by atoms with Crippen LogP contribution in [0, 0.1) is 11.8 Å². The molecule has 2 rings (SSSR count). The maximum atomic E-state index is 12.1. The molecule has 0 aromatic carbocycles. The number of carbonyl (C=O) groups is 1. The van der Waals surface area contributed by atoms with Crippen LogP contribution in [0.1, 0.15) is 38.5 Å². The van der Waals surface area contributed by atoms with Crippen molar-refractivity contribution < 1.29 is 9.53 Å². The van der Waals surface area contributed by atoms with Gasteiger partial charge in [-0.05, 0) is 44.6 Å². The summed E-state index contributed by atoms with van der Waals surface area (Å²) >= 11 is 0. The first kappa shape index (κ1) is 12.8. The van der Waals surface area contributed by atoms with Crippen molar-refractivity contribution in [3.05, 3.63) is 0 Å². The Labute approximate surface area is 103 Å². The molecule has 2 saturated carbocycles. The molecule has 1 amide bonds. The van der Waals surface area contributed by atoms with Crippen LogP contribution in [-0.4, -0.2) is 31.7 Å². The van der Waals surface area contributed by atoms with Gasteiger partial charge in [-0.3, -0.25) is 4.79 Å². The molecular weight excluding hydrogens is 216 g/mol. The van der Waals surface area contributed by atoms with Crippen LogP contribution in [0.25, 0.3) is 0 Å². The van der Waals surface area contributed by atoms with Crippen molar-refractivity contribution in [2.45, 2.75) is 44.1 Å². The molecule has 2 atom stereocenters. The zero-order valence-electron chi connectivity index (χ0n) is 10.7. The van der Waals surface area contributed by atoms with E-state index in [0.29, 0.717) is 19.0 Å². The minimum atomic E-state index is -0.0769. The molecule has 0 saturated heterocycles. The fourth-order valence-corrected chi connectivity index (χ4v) is 3.07. The Morgan fingerprint density at radius 2 is 2.18 bits per heavy atom. The minimum Gasteiger partial charge on any atom is -0.376 e. The third kappa shape index (κ3) is 2.63. The van der Waals surface area contributed by atoms with Gasteiger partial charge in [-0.25, -0.2) is 0 Å². The molecule has 0 aliphatic heterocycles. The molecule has 0 aromatic rings. The van der Waals surface area contributed by atoms with Gasteiger partial charge in [0.1, 0.15) is 0 Å². The Hall–Kier alpha value is -0.610. The second kappa shape index (κ2) is 5.36. The van der Waals surface area contributed by atoms with Crippen LogP contribution in [0.4, 0.5) is 0 Å². The monoisotopic (exact) mass is 240 g/mol. The molecule has 0 bridgehead atoms. The van der Waals surface area contributed by atoms with Crippen LogP contribution in [0.5, 0.6) is 0 Å². The van der Waals surface area contributed by atoms with Gasteiger partial charge >= 0.3 is 0 Å². The highest BCUT2D eigenvalue weighted by atomic mass is 16.5. The van der Waals surface area contributed by atoms with Crippen LogP contribution in [-0.2, 0) is 9.53 Å². The van der Waals surface area contributed by atoms with Gasteiger partial charge in [0.05, 0.1) is 5.60 Å². The summed E-state index contributed by atoms with van der Waals surface area (Å²) in [5.41, 5.74) is 5.63. The van der Waals surface area contributed by atoms with E-state index in [4.69, 9.17) is 10.5 Å². The molecule has 2 unspecified atom stereocenters. The lowest BCUT2D eigenvalue weighted by Gasteiger charge is -2.40. The SMILES string of the molecule is COC1(CNC(=O)C2CCCC2CN)CCC1. The summed E-state index contributed by atoms with van der Waals surface area (Å²) in [6.07, 6.45) is 6.56. The summed E-state index contributed by atoms with van der Waals surface area (Å²) < 4.78 is 5.50. The van der Waals surface area contributed by atoms with E-state index in [2.05, 4.69) is 5.32 Å². The van der Waals surface area contributed by atoms with Crippen LogP contribution < -0.4 is 11.1 Å². The summed E-state index contributed by atoms with van der Waals surface area (Å²) in [5, 5.41) is 3.06. The smallest absolute Gasteiger partial charge is 0.223 e. The fourth-order valence-electron chi connectivity index (χ4n) is 3.07. The molecule has 0 heterocycles. The number of nitrogens with one attached hydrogen (secondary N) is 1. The number of methoxy groups -OCH3 is 1. The molecule has 2 aliphatic carbocycles. The van der Waals surface area contributed by atoms with E-state index in [0.717, 1.165) is 32.1 Å². The zero-order valence-corrected chi connectivity index (χ0v) is 10.7. The van der Waals surface area contributed by atoms with Crippen molar-refractivity contribution in [2.24, 2.45) is 17.6 Å².